The molecule has 1 aromatic rings. The molecule has 0 saturated carbocycles. The molecule has 1 aliphatic rings. The van der Waals surface area contributed by atoms with Gasteiger partial charge < -0.3 is 4.57 Å². The average molecular weight is 258 g/mol. The summed E-state index contributed by atoms with van der Waals surface area (Å²) in [5, 5.41) is 8.05. The van der Waals surface area contributed by atoms with E-state index in [2.05, 4.69) is 10.2 Å². The van der Waals surface area contributed by atoms with Crippen molar-refractivity contribution in [2.45, 2.75) is 39.8 Å². The summed E-state index contributed by atoms with van der Waals surface area (Å²) in [4.78, 5) is 0. The van der Waals surface area contributed by atoms with Gasteiger partial charge in [-0.15, -0.1) is 10.2 Å². The van der Waals surface area contributed by atoms with Gasteiger partial charge in [0, 0.05) is 13.1 Å². The van der Waals surface area contributed by atoms with E-state index >= 15 is 0 Å². The quantitative estimate of drug-likeness (QED) is 0.793. The second-order valence-electron chi connectivity index (χ2n) is 4.26. The maximum atomic E-state index is 11.9. The lowest BCUT2D eigenvalue weighted by Gasteiger charge is -2.25. The highest BCUT2D eigenvalue weighted by molar-refractivity contribution is 7.89. The molecule has 1 aliphatic heterocycles. The maximum absolute atomic E-state index is 11.9. The minimum absolute atomic E-state index is 0.256. The number of nitrogens with zero attached hydrogens (tertiary/aromatic N) is 4. The van der Waals surface area contributed by atoms with E-state index in [1.54, 1.807) is 0 Å². The smallest absolute Gasteiger partial charge is 0.214 e. The minimum Gasteiger partial charge on any atom is -0.314 e. The van der Waals surface area contributed by atoms with Crippen LogP contribution in [0.4, 0.5) is 0 Å². The molecule has 2 rings (SSSR count). The highest BCUT2D eigenvalue weighted by Gasteiger charge is 2.27. The molecular formula is C10H18N4O2S. The van der Waals surface area contributed by atoms with Crippen molar-refractivity contribution in [3.8, 4) is 0 Å². The van der Waals surface area contributed by atoms with Gasteiger partial charge >= 0.3 is 0 Å². The van der Waals surface area contributed by atoms with E-state index in [0.717, 1.165) is 31.0 Å². The van der Waals surface area contributed by atoms with Gasteiger partial charge in [0.1, 0.15) is 11.6 Å². The van der Waals surface area contributed by atoms with Gasteiger partial charge in [0.2, 0.25) is 10.0 Å². The summed E-state index contributed by atoms with van der Waals surface area (Å²) in [5.74, 6) is 1.82. The third kappa shape index (κ3) is 2.50. The van der Waals surface area contributed by atoms with Gasteiger partial charge in [-0.05, 0) is 26.7 Å². The second-order valence-corrected chi connectivity index (χ2v) is 6.35. The molecule has 0 N–H and O–H groups in total. The van der Waals surface area contributed by atoms with Crippen molar-refractivity contribution in [2.75, 3.05) is 12.3 Å². The van der Waals surface area contributed by atoms with E-state index in [4.69, 9.17) is 0 Å². The van der Waals surface area contributed by atoms with Crippen LogP contribution in [0.1, 0.15) is 31.4 Å². The zero-order valence-corrected chi connectivity index (χ0v) is 11.1. The van der Waals surface area contributed by atoms with Gasteiger partial charge in [-0.1, -0.05) is 0 Å². The first kappa shape index (κ1) is 12.5. The van der Waals surface area contributed by atoms with Crippen LogP contribution >= 0.6 is 0 Å². The normalized spacial score (nSPS) is 20.6. The Morgan fingerprint density at radius 1 is 1.29 bits per heavy atom. The van der Waals surface area contributed by atoms with Crippen LogP contribution in [0, 0.1) is 6.92 Å². The lowest BCUT2D eigenvalue weighted by molar-refractivity contribution is 0.365. The Kier molecular flexibility index (Phi) is 3.48. The van der Waals surface area contributed by atoms with E-state index < -0.39 is 10.0 Å². The Morgan fingerprint density at radius 3 is 2.71 bits per heavy atom. The van der Waals surface area contributed by atoms with Crippen molar-refractivity contribution in [3.63, 3.8) is 0 Å². The molecule has 0 unspecified atom stereocenters. The topological polar surface area (TPSA) is 68.1 Å². The monoisotopic (exact) mass is 258 g/mol. The molecule has 7 heteroatoms. The van der Waals surface area contributed by atoms with Gasteiger partial charge in [-0.3, -0.25) is 0 Å². The standard InChI is InChI=1S/C10H18N4O2S/c1-3-14-9(2)11-12-10(14)8-13-6-4-5-7-17(13,15)16/h3-8H2,1-2H3. The predicted octanol–water partition coefficient (Wildman–Crippen LogP) is 0.532. The van der Waals surface area contributed by atoms with E-state index in [9.17, 15) is 8.42 Å². The molecule has 0 aromatic carbocycles. The van der Waals surface area contributed by atoms with E-state index in [0.29, 0.717) is 13.1 Å². The first-order valence-corrected chi connectivity index (χ1v) is 7.52. The number of aryl methyl sites for hydroxylation is 1. The summed E-state index contributed by atoms with van der Waals surface area (Å²) < 4.78 is 27.2. The molecule has 0 bridgehead atoms. The molecule has 2 heterocycles. The molecule has 1 aromatic heterocycles. The van der Waals surface area contributed by atoms with Crippen LogP contribution < -0.4 is 0 Å². The van der Waals surface area contributed by atoms with Crippen LogP contribution in [0.5, 0.6) is 0 Å². The Morgan fingerprint density at radius 2 is 2.06 bits per heavy atom. The van der Waals surface area contributed by atoms with Gasteiger partial charge in [-0.2, -0.15) is 4.31 Å². The Labute approximate surface area is 102 Å². The Hall–Kier alpha value is -0.950. The Balaban J connectivity index is 2.20. The molecule has 96 valence electrons. The third-order valence-corrected chi connectivity index (χ3v) is 5.00. The lowest BCUT2D eigenvalue weighted by Crippen LogP contribution is -2.38. The Bertz CT molecular complexity index is 494. The molecule has 6 nitrogen and oxygen atoms in total. The van der Waals surface area contributed by atoms with Crippen LogP contribution in [-0.2, 0) is 23.1 Å². The molecular weight excluding hydrogens is 240 g/mol. The van der Waals surface area contributed by atoms with Gasteiger partial charge in [0.05, 0.1) is 12.3 Å². The average Bonchev–Trinajstić information content (AvgIpc) is 2.62. The number of aromatic nitrogens is 3. The second kappa shape index (κ2) is 4.73. The summed E-state index contributed by atoms with van der Waals surface area (Å²) >= 11 is 0. The van der Waals surface area contributed by atoms with Crippen LogP contribution in [0.2, 0.25) is 0 Å². The van der Waals surface area contributed by atoms with E-state index in [1.165, 1.54) is 4.31 Å². The predicted molar refractivity (Wildman–Crippen MR) is 63.9 cm³/mol. The highest BCUT2D eigenvalue weighted by Crippen LogP contribution is 2.16. The molecule has 0 aliphatic carbocycles. The van der Waals surface area contributed by atoms with Crippen LogP contribution in [0.25, 0.3) is 0 Å². The number of rotatable bonds is 3. The first-order valence-electron chi connectivity index (χ1n) is 5.91. The third-order valence-electron chi connectivity index (χ3n) is 3.10. The minimum atomic E-state index is -3.09. The van der Waals surface area contributed by atoms with Crippen molar-refractivity contribution < 1.29 is 8.42 Å². The molecule has 0 amide bonds. The zero-order valence-electron chi connectivity index (χ0n) is 10.3. The van der Waals surface area contributed by atoms with Crippen molar-refractivity contribution in [3.05, 3.63) is 11.6 Å². The molecule has 1 fully saturated rings. The maximum Gasteiger partial charge on any atom is 0.214 e. The van der Waals surface area contributed by atoms with Crippen molar-refractivity contribution >= 4 is 10.0 Å². The van der Waals surface area contributed by atoms with Gasteiger partial charge in [-0.25, -0.2) is 8.42 Å². The molecule has 1 saturated heterocycles. The fraction of sp³-hybridized carbons (Fsp3) is 0.800. The van der Waals surface area contributed by atoms with Crippen molar-refractivity contribution in [1.82, 2.24) is 19.1 Å². The zero-order chi connectivity index (χ0) is 12.5. The largest absolute Gasteiger partial charge is 0.314 e. The van der Waals surface area contributed by atoms with Gasteiger partial charge in [0.25, 0.3) is 0 Å². The lowest BCUT2D eigenvalue weighted by atomic mass is 10.3. The summed E-state index contributed by atoms with van der Waals surface area (Å²) in [6.45, 7) is 5.59. The van der Waals surface area contributed by atoms with Crippen LogP contribution in [-0.4, -0.2) is 39.8 Å². The number of hydrogen-bond acceptors (Lipinski definition) is 4. The molecule has 0 radical (unpaired) electrons. The molecule has 0 atom stereocenters. The number of sulfonamides is 1. The molecule has 0 spiro atoms. The fourth-order valence-corrected chi connectivity index (χ4v) is 3.68. The van der Waals surface area contributed by atoms with Crippen LogP contribution in [0.3, 0.4) is 0 Å². The van der Waals surface area contributed by atoms with Crippen LogP contribution in [0.15, 0.2) is 0 Å². The van der Waals surface area contributed by atoms with E-state index in [1.807, 2.05) is 18.4 Å². The molecule has 17 heavy (non-hydrogen) atoms. The SMILES string of the molecule is CCn1c(C)nnc1CN1CCCCS1(=O)=O. The van der Waals surface area contributed by atoms with Crippen molar-refractivity contribution in [1.29, 1.82) is 0 Å². The highest BCUT2D eigenvalue weighted by atomic mass is 32.2. The van der Waals surface area contributed by atoms with Gasteiger partial charge in [0.15, 0.2) is 0 Å². The number of hydrogen-bond donors (Lipinski definition) is 0. The van der Waals surface area contributed by atoms with Crippen molar-refractivity contribution in [2.24, 2.45) is 0 Å². The summed E-state index contributed by atoms with van der Waals surface area (Å²) in [7, 11) is -3.09. The summed E-state index contributed by atoms with van der Waals surface area (Å²) in [6, 6.07) is 0. The summed E-state index contributed by atoms with van der Waals surface area (Å²) in [5.41, 5.74) is 0. The van der Waals surface area contributed by atoms with E-state index in [-0.39, 0.29) is 5.75 Å². The fourth-order valence-electron chi connectivity index (χ4n) is 2.13. The first-order chi connectivity index (χ1) is 8.04. The summed E-state index contributed by atoms with van der Waals surface area (Å²) in [6.07, 6.45) is 1.69.